The highest BCUT2D eigenvalue weighted by Gasteiger charge is 2.19. The molecule has 2 rings (SSSR count). The molecule has 4 heteroatoms. The van der Waals surface area contributed by atoms with Crippen molar-refractivity contribution in [1.82, 2.24) is 5.32 Å². The van der Waals surface area contributed by atoms with Crippen LogP contribution in [0.3, 0.4) is 0 Å². The average molecular weight is 289 g/mol. The summed E-state index contributed by atoms with van der Waals surface area (Å²) in [6.07, 6.45) is 0. The predicted molar refractivity (Wildman–Crippen MR) is 83.4 cm³/mol. The van der Waals surface area contributed by atoms with Crippen molar-refractivity contribution in [3.63, 3.8) is 0 Å². The number of rotatable bonds is 5. The van der Waals surface area contributed by atoms with Crippen LogP contribution < -0.4 is 10.2 Å². The molecule has 20 heavy (non-hydrogen) atoms. The van der Waals surface area contributed by atoms with E-state index in [1.807, 2.05) is 31.2 Å². The zero-order valence-electron chi connectivity index (χ0n) is 12.1. The number of nitrogens with one attached hydrogen (secondary N) is 2. The van der Waals surface area contributed by atoms with Gasteiger partial charge in [0.1, 0.15) is 6.04 Å². The van der Waals surface area contributed by atoms with Gasteiger partial charge < -0.3 is 10.2 Å². The van der Waals surface area contributed by atoms with Gasteiger partial charge in [-0.25, -0.2) is 0 Å². The molecule has 1 aromatic heterocycles. The monoisotopic (exact) mass is 289 g/mol. The molecule has 0 aliphatic rings. The molecule has 1 heterocycles. The number of likely N-dealkylation sites (N-methyl/N-ethyl adjacent to an activating group) is 1. The van der Waals surface area contributed by atoms with Gasteiger partial charge >= 0.3 is 0 Å². The van der Waals surface area contributed by atoms with E-state index in [0.717, 1.165) is 11.1 Å². The number of benzene rings is 1. The van der Waals surface area contributed by atoms with Crippen LogP contribution in [0.25, 0.3) is 0 Å². The molecule has 0 aliphatic heterocycles. The van der Waals surface area contributed by atoms with E-state index in [2.05, 4.69) is 36.9 Å². The molecule has 0 bridgehead atoms. The van der Waals surface area contributed by atoms with E-state index < -0.39 is 0 Å². The van der Waals surface area contributed by atoms with Crippen molar-refractivity contribution in [3.05, 3.63) is 57.8 Å². The first-order chi connectivity index (χ1) is 9.58. The molecule has 1 aromatic carbocycles. The van der Waals surface area contributed by atoms with Gasteiger partial charge in [-0.05, 0) is 30.5 Å². The van der Waals surface area contributed by atoms with E-state index in [9.17, 15) is 4.79 Å². The molecule has 0 aliphatic carbocycles. The first kappa shape index (κ1) is 14.8. The summed E-state index contributed by atoms with van der Waals surface area (Å²) in [6.45, 7) is 2.64. The molecule has 0 radical (unpaired) electrons. The Hall–Kier alpha value is -1.65. The minimum absolute atomic E-state index is 0.00324. The van der Waals surface area contributed by atoms with E-state index in [-0.39, 0.29) is 5.91 Å². The molecule has 0 fully saturated rings. The molecule has 0 saturated carbocycles. The fourth-order valence-electron chi connectivity index (χ4n) is 2.16. The maximum atomic E-state index is 12.2. The fourth-order valence-corrected chi connectivity index (χ4v) is 3.12. The second-order valence-electron chi connectivity index (χ2n) is 5.22. The molecule has 2 aromatic rings. The second-order valence-corrected chi connectivity index (χ2v) is 6.20. The summed E-state index contributed by atoms with van der Waals surface area (Å²) in [6, 6.07) is 12.2. The van der Waals surface area contributed by atoms with Gasteiger partial charge in [-0.2, -0.15) is 0 Å². The number of aryl methyl sites for hydroxylation is 1. The van der Waals surface area contributed by atoms with Crippen molar-refractivity contribution < 1.29 is 9.69 Å². The van der Waals surface area contributed by atoms with Crippen LogP contribution in [0, 0.1) is 6.92 Å². The lowest BCUT2D eigenvalue weighted by atomic mass is 10.1. The lowest BCUT2D eigenvalue weighted by Crippen LogP contribution is -3.06. The smallest absolute Gasteiger partial charge is 0.251 e. The number of hydrogen-bond acceptors (Lipinski definition) is 2. The molecule has 106 valence electrons. The van der Waals surface area contributed by atoms with Crippen molar-refractivity contribution in [1.29, 1.82) is 0 Å². The molecule has 2 N–H and O–H groups in total. The maximum Gasteiger partial charge on any atom is 0.251 e. The summed E-state index contributed by atoms with van der Waals surface area (Å²) in [5, 5.41) is 5.12. The molecule has 1 amide bonds. The highest BCUT2D eigenvalue weighted by atomic mass is 32.1. The van der Waals surface area contributed by atoms with Crippen LogP contribution in [0.15, 0.2) is 41.8 Å². The fraction of sp³-hybridized carbons (Fsp3) is 0.312. The van der Waals surface area contributed by atoms with Crippen molar-refractivity contribution in [2.45, 2.75) is 13.0 Å². The Balaban J connectivity index is 2.01. The van der Waals surface area contributed by atoms with Gasteiger partial charge in [0.2, 0.25) is 0 Å². The summed E-state index contributed by atoms with van der Waals surface area (Å²) in [7, 11) is 4.23. The van der Waals surface area contributed by atoms with Crippen LogP contribution in [0.5, 0.6) is 0 Å². The molecule has 0 saturated heterocycles. The number of amides is 1. The minimum Gasteiger partial charge on any atom is -0.346 e. The number of hydrogen-bond donors (Lipinski definition) is 2. The predicted octanol–water partition coefficient (Wildman–Crippen LogP) is 1.67. The highest BCUT2D eigenvalue weighted by molar-refractivity contribution is 7.10. The SMILES string of the molecule is Cc1cccc(C(=O)NC[C@H](c2cccs2)[NH+](C)C)c1. The average Bonchev–Trinajstić information content (AvgIpc) is 2.92. The van der Waals surface area contributed by atoms with Crippen LogP contribution in [0.1, 0.15) is 26.8 Å². The first-order valence-corrected chi connectivity index (χ1v) is 7.64. The number of quaternary nitrogens is 1. The summed E-state index contributed by atoms with van der Waals surface area (Å²) in [5.41, 5.74) is 1.83. The Kier molecular flexibility index (Phi) is 4.93. The molecular formula is C16H21N2OS+. The summed E-state index contributed by atoms with van der Waals surface area (Å²) in [5.74, 6) is -0.00324. The molecule has 3 nitrogen and oxygen atoms in total. The summed E-state index contributed by atoms with van der Waals surface area (Å²) in [4.78, 5) is 14.8. The van der Waals surface area contributed by atoms with E-state index >= 15 is 0 Å². The Bertz CT molecular complexity index is 564. The Labute approximate surface area is 124 Å². The van der Waals surface area contributed by atoms with Crippen LogP contribution in [0.2, 0.25) is 0 Å². The van der Waals surface area contributed by atoms with E-state index in [4.69, 9.17) is 0 Å². The van der Waals surface area contributed by atoms with Crippen molar-refractivity contribution in [2.75, 3.05) is 20.6 Å². The third kappa shape index (κ3) is 3.68. The van der Waals surface area contributed by atoms with E-state index in [1.165, 1.54) is 9.78 Å². The van der Waals surface area contributed by atoms with Crippen LogP contribution >= 0.6 is 11.3 Å². The van der Waals surface area contributed by atoms with Gasteiger partial charge in [0.15, 0.2) is 0 Å². The number of carbonyl (C=O) groups excluding carboxylic acids is 1. The minimum atomic E-state index is -0.00324. The quantitative estimate of drug-likeness (QED) is 0.862. The Morgan fingerprint density at radius 2 is 2.10 bits per heavy atom. The van der Waals surface area contributed by atoms with E-state index in [1.54, 1.807) is 11.3 Å². The second kappa shape index (κ2) is 6.68. The lowest BCUT2D eigenvalue weighted by molar-refractivity contribution is -0.890. The largest absolute Gasteiger partial charge is 0.346 e. The van der Waals surface area contributed by atoms with Gasteiger partial charge in [-0.3, -0.25) is 4.79 Å². The first-order valence-electron chi connectivity index (χ1n) is 6.76. The van der Waals surface area contributed by atoms with Gasteiger partial charge in [0.25, 0.3) is 5.91 Å². The van der Waals surface area contributed by atoms with Gasteiger partial charge in [0, 0.05) is 5.56 Å². The molecule has 1 atom stereocenters. The summed E-state index contributed by atoms with van der Waals surface area (Å²) < 4.78 is 0. The zero-order valence-corrected chi connectivity index (χ0v) is 13.0. The van der Waals surface area contributed by atoms with E-state index in [0.29, 0.717) is 12.6 Å². The van der Waals surface area contributed by atoms with Gasteiger partial charge in [0.05, 0.1) is 25.5 Å². The summed E-state index contributed by atoms with van der Waals surface area (Å²) >= 11 is 1.74. The third-order valence-electron chi connectivity index (χ3n) is 3.33. The highest BCUT2D eigenvalue weighted by Crippen LogP contribution is 2.15. The molecular weight excluding hydrogens is 268 g/mol. The van der Waals surface area contributed by atoms with Crippen molar-refractivity contribution >= 4 is 17.2 Å². The Morgan fingerprint density at radius 1 is 1.30 bits per heavy atom. The topological polar surface area (TPSA) is 33.5 Å². The standard InChI is InChI=1S/C16H20N2OS/c1-12-6-4-7-13(10-12)16(19)17-11-14(18(2)3)15-8-5-9-20-15/h4-10,14H,11H2,1-3H3,(H,17,19)/p+1/t14-/m1/s1. The van der Waals surface area contributed by atoms with Crippen LogP contribution in [-0.4, -0.2) is 26.5 Å². The van der Waals surface area contributed by atoms with Crippen molar-refractivity contribution in [2.24, 2.45) is 0 Å². The third-order valence-corrected chi connectivity index (χ3v) is 4.32. The molecule has 0 spiro atoms. The van der Waals surface area contributed by atoms with Crippen LogP contribution in [0.4, 0.5) is 0 Å². The van der Waals surface area contributed by atoms with Crippen LogP contribution in [-0.2, 0) is 0 Å². The van der Waals surface area contributed by atoms with Gasteiger partial charge in [-0.1, -0.05) is 23.8 Å². The van der Waals surface area contributed by atoms with Crippen molar-refractivity contribution in [3.8, 4) is 0 Å². The Morgan fingerprint density at radius 3 is 2.70 bits per heavy atom. The number of carbonyl (C=O) groups is 1. The molecule has 0 unspecified atom stereocenters. The normalized spacial score (nSPS) is 12.4. The lowest BCUT2D eigenvalue weighted by Gasteiger charge is -2.20. The number of thiophene rings is 1. The van der Waals surface area contributed by atoms with Gasteiger partial charge in [-0.15, -0.1) is 11.3 Å². The zero-order chi connectivity index (χ0) is 14.5. The maximum absolute atomic E-state index is 12.2.